The van der Waals surface area contributed by atoms with E-state index in [1.54, 1.807) is 41.3 Å². The topological polar surface area (TPSA) is 76.8 Å². The SMILES string of the molecule is COc1ccccc1C(=O)N(Cc1ccc(Br)o1)C1CCS(=O)(=O)C1. The molecule has 134 valence electrons. The number of furan rings is 1. The number of methoxy groups -OCH3 is 1. The number of halogens is 1. The second-order valence-electron chi connectivity index (χ2n) is 5.90. The summed E-state index contributed by atoms with van der Waals surface area (Å²) in [4.78, 5) is 14.7. The van der Waals surface area contributed by atoms with Crippen LogP contribution < -0.4 is 4.74 Å². The Kier molecular flexibility index (Phi) is 5.19. The normalized spacial score (nSPS) is 18.9. The predicted molar refractivity (Wildman–Crippen MR) is 96.3 cm³/mol. The molecule has 2 aromatic rings. The molecule has 0 aliphatic carbocycles. The van der Waals surface area contributed by atoms with Crippen LogP contribution in [0.4, 0.5) is 0 Å². The van der Waals surface area contributed by atoms with E-state index in [1.807, 2.05) is 0 Å². The van der Waals surface area contributed by atoms with Gasteiger partial charge in [-0.15, -0.1) is 0 Å². The van der Waals surface area contributed by atoms with Gasteiger partial charge in [-0.05, 0) is 46.6 Å². The minimum absolute atomic E-state index is 0.0320. The molecule has 1 aliphatic heterocycles. The molecule has 3 rings (SSSR count). The molecule has 25 heavy (non-hydrogen) atoms. The Morgan fingerprint density at radius 3 is 2.68 bits per heavy atom. The van der Waals surface area contributed by atoms with Gasteiger partial charge in [0.05, 0.1) is 30.7 Å². The molecule has 1 amide bonds. The highest BCUT2D eigenvalue weighted by atomic mass is 79.9. The first-order valence-electron chi connectivity index (χ1n) is 7.78. The molecule has 1 aromatic carbocycles. The molecule has 8 heteroatoms. The third-order valence-corrected chi connectivity index (χ3v) is 6.38. The van der Waals surface area contributed by atoms with E-state index in [0.29, 0.717) is 28.2 Å². The first kappa shape index (κ1) is 18.0. The molecule has 1 saturated heterocycles. The number of sulfone groups is 1. The molecule has 1 fully saturated rings. The second-order valence-corrected chi connectivity index (χ2v) is 8.91. The van der Waals surface area contributed by atoms with Gasteiger partial charge in [0.15, 0.2) is 14.5 Å². The highest BCUT2D eigenvalue weighted by Gasteiger charge is 2.36. The number of carbonyl (C=O) groups is 1. The van der Waals surface area contributed by atoms with Crippen molar-refractivity contribution < 1.29 is 22.4 Å². The number of amides is 1. The highest BCUT2D eigenvalue weighted by molar-refractivity contribution is 9.10. The number of rotatable bonds is 5. The fraction of sp³-hybridized carbons (Fsp3) is 0.353. The number of carbonyl (C=O) groups excluding carboxylic acids is 1. The zero-order valence-corrected chi connectivity index (χ0v) is 16.0. The lowest BCUT2D eigenvalue weighted by atomic mass is 10.1. The summed E-state index contributed by atoms with van der Waals surface area (Å²) in [5.41, 5.74) is 0.403. The Hall–Kier alpha value is -1.80. The summed E-state index contributed by atoms with van der Waals surface area (Å²) in [7, 11) is -1.62. The Morgan fingerprint density at radius 2 is 2.08 bits per heavy atom. The van der Waals surface area contributed by atoms with Crippen LogP contribution in [0.5, 0.6) is 5.75 Å². The van der Waals surface area contributed by atoms with Crippen molar-refractivity contribution >= 4 is 31.7 Å². The second kappa shape index (κ2) is 7.21. The number of benzene rings is 1. The van der Waals surface area contributed by atoms with Crippen molar-refractivity contribution in [1.82, 2.24) is 4.90 Å². The fourth-order valence-corrected chi connectivity index (χ4v) is 5.04. The number of nitrogens with zero attached hydrogens (tertiary/aromatic N) is 1. The molecular weight excluding hydrogens is 410 g/mol. The monoisotopic (exact) mass is 427 g/mol. The third-order valence-electron chi connectivity index (χ3n) is 4.20. The molecule has 1 atom stereocenters. The molecule has 0 radical (unpaired) electrons. The van der Waals surface area contributed by atoms with Gasteiger partial charge in [0.25, 0.3) is 5.91 Å². The fourth-order valence-electron chi connectivity index (χ4n) is 2.97. The van der Waals surface area contributed by atoms with Gasteiger partial charge in [-0.2, -0.15) is 0 Å². The summed E-state index contributed by atoms with van der Waals surface area (Å²) < 4.78 is 35.1. The Labute approximate surface area is 154 Å². The van der Waals surface area contributed by atoms with Gasteiger partial charge in [0.2, 0.25) is 0 Å². The Bertz CT molecular complexity index is 877. The van der Waals surface area contributed by atoms with Crippen LogP contribution in [0, 0.1) is 0 Å². The van der Waals surface area contributed by atoms with Crippen molar-refractivity contribution in [2.45, 2.75) is 19.0 Å². The zero-order valence-electron chi connectivity index (χ0n) is 13.6. The molecule has 0 saturated carbocycles. The summed E-state index contributed by atoms with van der Waals surface area (Å²) >= 11 is 3.24. The number of hydrogen-bond acceptors (Lipinski definition) is 5. The third kappa shape index (κ3) is 4.07. The molecule has 1 unspecified atom stereocenters. The maximum Gasteiger partial charge on any atom is 0.258 e. The Balaban J connectivity index is 1.94. The molecule has 1 aliphatic rings. The minimum Gasteiger partial charge on any atom is -0.496 e. The van der Waals surface area contributed by atoms with Crippen molar-refractivity contribution in [1.29, 1.82) is 0 Å². The van der Waals surface area contributed by atoms with Crippen LogP contribution >= 0.6 is 15.9 Å². The average molecular weight is 428 g/mol. The lowest BCUT2D eigenvalue weighted by Crippen LogP contribution is -2.40. The molecular formula is C17H18BrNO5S. The standard InChI is InChI=1S/C17H18BrNO5S/c1-23-15-5-3-2-4-14(15)17(20)19(10-13-6-7-16(18)24-13)12-8-9-25(21,22)11-12/h2-7,12H,8-11H2,1H3. The summed E-state index contributed by atoms with van der Waals surface area (Å²) in [6.07, 6.45) is 0.422. The summed E-state index contributed by atoms with van der Waals surface area (Å²) in [5.74, 6) is 0.829. The minimum atomic E-state index is -3.12. The maximum absolute atomic E-state index is 13.1. The summed E-state index contributed by atoms with van der Waals surface area (Å²) in [5, 5.41) is 0. The van der Waals surface area contributed by atoms with Crippen LogP contribution in [-0.4, -0.2) is 43.9 Å². The molecule has 0 bridgehead atoms. The van der Waals surface area contributed by atoms with Gasteiger partial charge < -0.3 is 14.1 Å². The van der Waals surface area contributed by atoms with Gasteiger partial charge in [-0.3, -0.25) is 4.79 Å². The van der Waals surface area contributed by atoms with Crippen molar-refractivity contribution in [2.24, 2.45) is 0 Å². The van der Waals surface area contributed by atoms with E-state index in [2.05, 4.69) is 15.9 Å². The summed E-state index contributed by atoms with van der Waals surface area (Å²) in [6.45, 7) is 0.197. The van der Waals surface area contributed by atoms with E-state index >= 15 is 0 Å². The van der Waals surface area contributed by atoms with Crippen LogP contribution in [0.25, 0.3) is 0 Å². The molecule has 0 spiro atoms. The van der Waals surface area contributed by atoms with Gasteiger partial charge in [0, 0.05) is 6.04 Å². The zero-order chi connectivity index (χ0) is 18.0. The van der Waals surface area contributed by atoms with Crippen LogP contribution in [0.3, 0.4) is 0 Å². The predicted octanol–water partition coefficient (Wildman–Crippen LogP) is 2.88. The Morgan fingerprint density at radius 1 is 1.32 bits per heavy atom. The van der Waals surface area contributed by atoms with Gasteiger partial charge >= 0.3 is 0 Å². The van der Waals surface area contributed by atoms with Crippen LogP contribution in [-0.2, 0) is 16.4 Å². The highest BCUT2D eigenvalue weighted by Crippen LogP contribution is 2.27. The van der Waals surface area contributed by atoms with E-state index in [9.17, 15) is 13.2 Å². The van der Waals surface area contributed by atoms with Crippen LogP contribution in [0.2, 0.25) is 0 Å². The van der Waals surface area contributed by atoms with Crippen molar-refractivity contribution in [3.8, 4) is 5.75 Å². The van der Waals surface area contributed by atoms with Gasteiger partial charge in [-0.1, -0.05) is 12.1 Å². The lowest BCUT2D eigenvalue weighted by molar-refractivity contribution is 0.0662. The first-order valence-corrected chi connectivity index (χ1v) is 10.4. The molecule has 6 nitrogen and oxygen atoms in total. The number of para-hydroxylation sites is 1. The maximum atomic E-state index is 13.1. The van der Waals surface area contributed by atoms with Crippen molar-refractivity contribution in [3.05, 3.63) is 52.4 Å². The quantitative estimate of drug-likeness (QED) is 0.732. The largest absolute Gasteiger partial charge is 0.496 e. The number of hydrogen-bond donors (Lipinski definition) is 0. The molecule has 0 N–H and O–H groups in total. The molecule has 2 heterocycles. The van der Waals surface area contributed by atoms with E-state index in [1.165, 1.54) is 7.11 Å². The first-order chi connectivity index (χ1) is 11.9. The molecule has 1 aromatic heterocycles. The van der Waals surface area contributed by atoms with E-state index < -0.39 is 9.84 Å². The lowest BCUT2D eigenvalue weighted by Gasteiger charge is -2.28. The smallest absolute Gasteiger partial charge is 0.258 e. The van der Waals surface area contributed by atoms with Gasteiger partial charge in [0.1, 0.15) is 11.5 Å². The van der Waals surface area contributed by atoms with Crippen molar-refractivity contribution in [3.63, 3.8) is 0 Å². The number of ether oxygens (including phenoxy) is 1. The van der Waals surface area contributed by atoms with E-state index in [0.717, 1.165) is 0 Å². The van der Waals surface area contributed by atoms with Crippen molar-refractivity contribution in [2.75, 3.05) is 18.6 Å². The van der Waals surface area contributed by atoms with E-state index in [4.69, 9.17) is 9.15 Å². The van der Waals surface area contributed by atoms with Crippen LogP contribution in [0.15, 0.2) is 45.5 Å². The van der Waals surface area contributed by atoms with Gasteiger partial charge in [-0.25, -0.2) is 8.42 Å². The van der Waals surface area contributed by atoms with Crippen LogP contribution in [0.1, 0.15) is 22.5 Å². The van der Waals surface area contributed by atoms with E-state index in [-0.39, 0.29) is 30.0 Å². The summed E-state index contributed by atoms with van der Waals surface area (Å²) in [6, 6.07) is 10.0. The average Bonchev–Trinajstić information content (AvgIpc) is 3.16.